The Morgan fingerprint density at radius 3 is 2.65 bits per heavy atom. The van der Waals surface area contributed by atoms with Crippen LogP contribution in [0.5, 0.6) is 0 Å². The average molecular weight is 543 g/mol. The summed E-state index contributed by atoms with van der Waals surface area (Å²) in [7, 11) is 0. The van der Waals surface area contributed by atoms with E-state index in [2.05, 4.69) is 30.2 Å². The molecule has 8 heteroatoms. The number of benzene rings is 2. The first-order chi connectivity index (χ1) is 19.4. The highest BCUT2D eigenvalue weighted by atomic mass is 16.5. The summed E-state index contributed by atoms with van der Waals surface area (Å²) < 4.78 is 11.9. The van der Waals surface area contributed by atoms with Gasteiger partial charge in [-0.05, 0) is 54.7 Å². The zero-order valence-corrected chi connectivity index (χ0v) is 23.4. The minimum atomic E-state index is -0.219. The smallest absolute Gasteiger partial charge is 0.251 e. The SMILES string of the molecule is CC(C)c1cc(C#N)cc2nc(-c3ccc(C(=O)NCC4CN(C(=O)CCC5CCCCC5)CCO4)cc3)oc12. The molecule has 0 radical (unpaired) electrons. The summed E-state index contributed by atoms with van der Waals surface area (Å²) in [5.74, 6) is 1.32. The van der Waals surface area contributed by atoms with Gasteiger partial charge in [-0.15, -0.1) is 0 Å². The number of amides is 2. The molecule has 1 aliphatic heterocycles. The zero-order chi connectivity index (χ0) is 28.1. The van der Waals surface area contributed by atoms with E-state index in [4.69, 9.17) is 9.15 Å². The van der Waals surface area contributed by atoms with Crippen LogP contribution in [-0.2, 0) is 9.53 Å². The van der Waals surface area contributed by atoms with Crippen molar-refractivity contribution in [2.75, 3.05) is 26.2 Å². The minimum absolute atomic E-state index is 0.183. The second-order valence-electron chi connectivity index (χ2n) is 11.4. The van der Waals surface area contributed by atoms with Crippen LogP contribution in [0.4, 0.5) is 0 Å². The molecule has 2 aliphatic rings. The Balaban J connectivity index is 1.15. The van der Waals surface area contributed by atoms with Gasteiger partial charge >= 0.3 is 0 Å². The number of carbonyl (C=O) groups is 2. The molecule has 5 rings (SSSR count). The molecule has 1 aromatic heterocycles. The van der Waals surface area contributed by atoms with E-state index >= 15 is 0 Å². The van der Waals surface area contributed by atoms with Gasteiger partial charge in [0.1, 0.15) is 5.52 Å². The Labute approximate surface area is 235 Å². The van der Waals surface area contributed by atoms with Gasteiger partial charge in [0.15, 0.2) is 5.58 Å². The molecule has 8 nitrogen and oxygen atoms in total. The summed E-state index contributed by atoms with van der Waals surface area (Å²) in [4.78, 5) is 32.1. The van der Waals surface area contributed by atoms with E-state index in [-0.39, 0.29) is 23.8 Å². The van der Waals surface area contributed by atoms with Crippen LogP contribution in [0, 0.1) is 17.2 Å². The molecule has 1 unspecified atom stereocenters. The van der Waals surface area contributed by atoms with Crippen molar-refractivity contribution >= 4 is 22.9 Å². The molecule has 0 bridgehead atoms. The highest BCUT2D eigenvalue weighted by molar-refractivity contribution is 5.94. The first-order valence-electron chi connectivity index (χ1n) is 14.5. The lowest BCUT2D eigenvalue weighted by Gasteiger charge is -2.33. The number of nitrogens with one attached hydrogen (secondary N) is 1. The van der Waals surface area contributed by atoms with Crippen LogP contribution in [0.25, 0.3) is 22.6 Å². The van der Waals surface area contributed by atoms with Crippen molar-refractivity contribution in [3.8, 4) is 17.5 Å². The number of nitriles is 1. The monoisotopic (exact) mass is 542 g/mol. The molecule has 1 saturated carbocycles. The molecule has 2 amide bonds. The van der Waals surface area contributed by atoms with Gasteiger partial charge in [0, 0.05) is 42.7 Å². The molecule has 210 valence electrons. The average Bonchev–Trinajstić information content (AvgIpc) is 3.43. The number of aromatic nitrogens is 1. The Hall–Kier alpha value is -3.70. The molecule has 40 heavy (non-hydrogen) atoms. The number of hydrogen-bond acceptors (Lipinski definition) is 6. The van der Waals surface area contributed by atoms with Crippen LogP contribution in [0.3, 0.4) is 0 Å². The number of carbonyl (C=O) groups excluding carboxylic acids is 2. The maximum absolute atomic E-state index is 12.8. The Bertz CT molecular complexity index is 1380. The van der Waals surface area contributed by atoms with Crippen molar-refractivity contribution in [2.24, 2.45) is 5.92 Å². The number of ether oxygens (including phenoxy) is 1. The number of fused-ring (bicyclic) bond motifs is 1. The fourth-order valence-corrected chi connectivity index (χ4v) is 5.78. The maximum Gasteiger partial charge on any atom is 0.251 e. The summed E-state index contributed by atoms with van der Waals surface area (Å²) in [6, 6.07) is 12.9. The molecular weight excluding hydrogens is 504 g/mol. The molecule has 1 saturated heterocycles. The predicted octanol–water partition coefficient (Wildman–Crippen LogP) is 5.81. The minimum Gasteiger partial charge on any atom is -0.436 e. The first-order valence-corrected chi connectivity index (χ1v) is 14.5. The molecule has 2 aromatic carbocycles. The highest BCUT2D eigenvalue weighted by Crippen LogP contribution is 2.31. The Morgan fingerprint density at radius 1 is 1.15 bits per heavy atom. The second kappa shape index (κ2) is 12.6. The standard InChI is InChI=1S/C32H38N4O4/c1-21(2)27-16-23(18-33)17-28-30(27)40-32(35-28)25-11-9-24(10-12-25)31(38)34-19-26-20-36(14-15-39-26)29(37)13-8-22-6-4-3-5-7-22/h9-12,16-17,21-22,26H,3-8,13-15,19-20H2,1-2H3,(H,34,38). The Kier molecular flexibility index (Phi) is 8.81. The van der Waals surface area contributed by atoms with E-state index < -0.39 is 0 Å². The summed E-state index contributed by atoms with van der Waals surface area (Å²) in [5, 5.41) is 12.3. The topological polar surface area (TPSA) is 108 Å². The van der Waals surface area contributed by atoms with Crippen LogP contribution >= 0.6 is 0 Å². The van der Waals surface area contributed by atoms with Gasteiger partial charge in [-0.1, -0.05) is 46.0 Å². The molecule has 0 spiro atoms. The Morgan fingerprint density at radius 2 is 1.93 bits per heavy atom. The van der Waals surface area contributed by atoms with Crippen molar-refractivity contribution in [1.82, 2.24) is 15.2 Å². The van der Waals surface area contributed by atoms with E-state index in [9.17, 15) is 14.9 Å². The fraction of sp³-hybridized carbons (Fsp3) is 0.500. The van der Waals surface area contributed by atoms with Crippen LogP contribution in [0.15, 0.2) is 40.8 Å². The van der Waals surface area contributed by atoms with Crippen molar-refractivity contribution in [1.29, 1.82) is 5.26 Å². The van der Waals surface area contributed by atoms with Gasteiger partial charge in [-0.3, -0.25) is 9.59 Å². The van der Waals surface area contributed by atoms with Crippen LogP contribution in [0.1, 0.15) is 86.2 Å². The number of hydrogen-bond donors (Lipinski definition) is 1. The molecule has 2 fully saturated rings. The predicted molar refractivity (Wildman–Crippen MR) is 153 cm³/mol. The fourth-order valence-electron chi connectivity index (χ4n) is 5.78. The van der Waals surface area contributed by atoms with Crippen LogP contribution in [0.2, 0.25) is 0 Å². The van der Waals surface area contributed by atoms with Gasteiger partial charge in [0.05, 0.1) is 24.3 Å². The van der Waals surface area contributed by atoms with Gasteiger partial charge < -0.3 is 19.4 Å². The van der Waals surface area contributed by atoms with Crippen molar-refractivity contribution < 1.29 is 18.7 Å². The van der Waals surface area contributed by atoms with Gasteiger partial charge in [0.2, 0.25) is 11.8 Å². The number of oxazole rings is 1. The third-order valence-corrected chi connectivity index (χ3v) is 8.14. The third-order valence-electron chi connectivity index (χ3n) is 8.14. The normalized spacial score (nSPS) is 18.1. The molecular formula is C32H38N4O4. The maximum atomic E-state index is 12.8. The van der Waals surface area contributed by atoms with Crippen molar-refractivity contribution in [2.45, 2.75) is 70.8 Å². The summed E-state index contributed by atoms with van der Waals surface area (Å²) in [6.45, 7) is 6.06. The molecule has 1 atom stereocenters. The third kappa shape index (κ3) is 6.53. The molecule has 2 heterocycles. The van der Waals surface area contributed by atoms with E-state index in [0.717, 1.165) is 17.5 Å². The number of nitrogens with zero attached hydrogens (tertiary/aromatic N) is 3. The number of rotatable bonds is 8. The lowest BCUT2D eigenvalue weighted by Crippen LogP contribution is -2.49. The molecule has 1 N–H and O–H groups in total. The van der Waals surface area contributed by atoms with Crippen LogP contribution < -0.4 is 5.32 Å². The first kappa shape index (κ1) is 27.9. The van der Waals surface area contributed by atoms with Crippen LogP contribution in [-0.4, -0.2) is 54.0 Å². The van der Waals surface area contributed by atoms with Crippen molar-refractivity contribution in [3.05, 3.63) is 53.1 Å². The van der Waals surface area contributed by atoms with E-state index in [0.29, 0.717) is 66.7 Å². The quantitative estimate of drug-likeness (QED) is 0.385. The summed E-state index contributed by atoms with van der Waals surface area (Å²) in [6.07, 6.45) is 7.79. The summed E-state index contributed by atoms with van der Waals surface area (Å²) >= 11 is 0. The molecule has 3 aromatic rings. The van der Waals surface area contributed by atoms with E-state index in [1.54, 1.807) is 18.2 Å². The molecule has 1 aliphatic carbocycles. The zero-order valence-electron chi connectivity index (χ0n) is 23.4. The van der Waals surface area contributed by atoms with Gasteiger partial charge in [0.25, 0.3) is 5.91 Å². The van der Waals surface area contributed by atoms with E-state index in [1.165, 1.54) is 32.1 Å². The summed E-state index contributed by atoms with van der Waals surface area (Å²) in [5.41, 5.74) is 4.09. The second-order valence-corrected chi connectivity index (χ2v) is 11.4. The van der Waals surface area contributed by atoms with Crippen molar-refractivity contribution in [3.63, 3.8) is 0 Å². The lowest BCUT2D eigenvalue weighted by molar-refractivity contribution is -0.138. The highest BCUT2D eigenvalue weighted by Gasteiger charge is 2.25. The van der Waals surface area contributed by atoms with Gasteiger partial charge in [-0.2, -0.15) is 5.26 Å². The number of morpholine rings is 1. The lowest BCUT2D eigenvalue weighted by atomic mass is 9.86. The van der Waals surface area contributed by atoms with Gasteiger partial charge in [-0.25, -0.2) is 4.98 Å². The van der Waals surface area contributed by atoms with E-state index in [1.807, 2.05) is 23.1 Å². The largest absolute Gasteiger partial charge is 0.436 e.